The van der Waals surface area contributed by atoms with Crippen LogP contribution in [0.1, 0.15) is 28.9 Å². The SMILES string of the molecule is CCOC(C(=O)c1cccc(F)c1F)c1ccccc1. The zero-order chi connectivity index (χ0) is 14.5. The van der Waals surface area contributed by atoms with Crippen LogP contribution in [0.4, 0.5) is 8.78 Å². The smallest absolute Gasteiger partial charge is 0.199 e. The predicted molar refractivity (Wildman–Crippen MR) is 71.5 cm³/mol. The zero-order valence-corrected chi connectivity index (χ0v) is 11.0. The van der Waals surface area contributed by atoms with Gasteiger partial charge in [0.1, 0.15) is 6.10 Å². The van der Waals surface area contributed by atoms with E-state index >= 15 is 0 Å². The summed E-state index contributed by atoms with van der Waals surface area (Å²) in [6.45, 7) is 2.04. The molecule has 2 nitrogen and oxygen atoms in total. The van der Waals surface area contributed by atoms with Gasteiger partial charge in [0.2, 0.25) is 0 Å². The van der Waals surface area contributed by atoms with Gasteiger partial charge in [-0.2, -0.15) is 0 Å². The molecule has 2 rings (SSSR count). The topological polar surface area (TPSA) is 26.3 Å². The second kappa shape index (κ2) is 6.39. The van der Waals surface area contributed by atoms with Gasteiger partial charge >= 0.3 is 0 Å². The Kier molecular flexibility index (Phi) is 4.58. The number of carbonyl (C=O) groups excluding carboxylic acids is 1. The third-order valence-corrected chi connectivity index (χ3v) is 2.89. The fourth-order valence-electron chi connectivity index (χ4n) is 1.95. The third-order valence-electron chi connectivity index (χ3n) is 2.89. The van der Waals surface area contributed by atoms with Crippen LogP contribution in [-0.4, -0.2) is 12.4 Å². The van der Waals surface area contributed by atoms with Crippen LogP contribution in [0.2, 0.25) is 0 Å². The fraction of sp³-hybridized carbons (Fsp3) is 0.188. The van der Waals surface area contributed by atoms with Crippen molar-refractivity contribution in [1.82, 2.24) is 0 Å². The third kappa shape index (κ3) is 2.91. The van der Waals surface area contributed by atoms with Gasteiger partial charge < -0.3 is 4.74 Å². The quantitative estimate of drug-likeness (QED) is 0.773. The van der Waals surface area contributed by atoms with Crippen molar-refractivity contribution in [3.8, 4) is 0 Å². The molecule has 0 radical (unpaired) electrons. The second-order valence-electron chi connectivity index (χ2n) is 4.21. The lowest BCUT2D eigenvalue weighted by atomic mass is 9.99. The maximum Gasteiger partial charge on any atom is 0.199 e. The number of rotatable bonds is 5. The predicted octanol–water partition coefficient (Wildman–Crippen LogP) is 3.93. The van der Waals surface area contributed by atoms with E-state index in [0.717, 1.165) is 6.07 Å². The van der Waals surface area contributed by atoms with Gasteiger partial charge in [0, 0.05) is 6.61 Å². The van der Waals surface area contributed by atoms with Crippen molar-refractivity contribution in [3.63, 3.8) is 0 Å². The lowest BCUT2D eigenvalue weighted by Gasteiger charge is -2.16. The van der Waals surface area contributed by atoms with E-state index in [0.29, 0.717) is 12.2 Å². The molecule has 1 atom stereocenters. The summed E-state index contributed by atoms with van der Waals surface area (Å²) in [5.74, 6) is -2.77. The molecular weight excluding hydrogens is 262 g/mol. The summed E-state index contributed by atoms with van der Waals surface area (Å²) in [7, 11) is 0. The summed E-state index contributed by atoms with van der Waals surface area (Å²) < 4.78 is 32.3. The number of halogens is 2. The highest BCUT2D eigenvalue weighted by atomic mass is 19.2. The Balaban J connectivity index is 2.39. The van der Waals surface area contributed by atoms with Gasteiger partial charge in [-0.15, -0.1) is 0 Å². The highest BCUT2D eigenvalue weighted by Gasteiger charge is 2.25. The molecule has 0 fully saturated rings. The molecule has 0 heterocycles. The molecule has 0 saturated heterocycles. The number of hydrogen-bond acceptors (Lipinski definition) is 2. The molecule has 0 aromatic heterocycles. The summed E-state index contributed by atoms with van der Waals surface area (Å²) in [5, 5.41) is 0. The molecule has 1 unspecified atom stereocenters. The molecular formula is C16H14F2O2. The van der Waals surface area contributed by atoms with Crippen molar-refractivity contribution in [2.24, 2.45) is 0 Å². The molecule has 0 saturated carbocycles. The summed E-state index contributed by atoms with van der Waals surface area (Å²) in [6.07, 6.45) is -0.933. The Morgan fingerprint density at radius 3 is 2.45 bits per heavy atom. The van der Waals surface area contributed by atoms with E-state index in [4.69, 9.17) is 4.74 Å². The van der Waals surface area contributed by atoms with Crippen LogP contribution in [-0.2, 0) is 4.74 Å². The molecule has 104 valence electrons. The van der Waals surface area contributed by atoms with Crippen LogP contribution < -0.4 is 0 Å². The van der Waals surface area contributed by atoms with Gasteiger partial charge in [0.05, 0.1) is 5.56 Å². The van der Waals surface area contributed by atoms with Crippen LogP contribution in [0.15, 0.2) is 48.5 Å². The van der Waals surface area contributed by atoms with Crippen molar-refractivity contribution in [3.05, 3.63) is 71.3 Å². The fourth-order valence-corrected chi connectivity index (χ4v) is 1.95. The van der Waals surface area contributed by atoms with Crippen molar-refractivity contribution < 1.29 is 18.3 Å². The monoisotopic (exact) mass is 276 g/mol. The summed E-state index contributed by atoms with van der Waals surface area (Å²) >= 11 is 0. The molecule has 4 heteroatoms. The Morgan fingerprint density at radius 1 is 1.10 bits per heavy atom. The van der Waals surface area contributed by atoms with Crippen LogP contribution in [0, 0.1) is 11.6 Å². The number of Topliss-reactive ketones (excluding diaryl/α,β-unsaturated/α-hetero) is 1. The highest BCUT2D eigenvalue weighted by Crippen LogP contribution is 2.24. The summed E-state index contributed by atoms with van der Waals surface area (Å²) in [4.78, 5) is 12.4. The first kappa shape index (κ1) is 14.3. The first-order valence-corrected chi connectivity index (χ1v) is 6.30. The maximum absolute atomic E-state index is 13.7. The van der Waals surface area contributed by atoms with E-state index < -0.39 is 23.5 Å². The number of benzene rings is 2. The Morgan fingerprint density at radius 2 is 1.80 bits per heavy atom. The van der Waals surface area contributed by atoms with Crippen molar-refractivity contribution >= 4 is 5.78 Å². The molecule has 0 aliphatic carbocycles. The van der Waals surface area contributed by atoms with Gasteiger partial charge in [-0.25, -0.2) is 8.78 Å². The van der Waals surface area contributed by atoms with Crippen molar-refractivity contribution in [2.45, 2.75) is 13.0 Å². The van der Waals surface area contributed by atoms with E-state index in [1.165, 1.54) is 12.1 Å². The van der Waals surface area contributed by atoms with Crippen LogP contribution in [0.5, 0.6) is 0 Å². The van der Waals surface area contributed by atoms with Gasteiger partial charge in [-0.1, -0.05) is 36.4 Å². The van der Waals surface area contributed by atoms with Gasteiger partial charge in [0.25, 0.3) is 0 Å². The molecule has 0 aliphatic rings. The number of ketones is 1. The van der Waals surface area contributed by atoms with Crippen molar-refractivity contribution in [1.29, 1.82) is 0 Å². The van der Waals surface area contributed by atoms with E-state index in [9.17, 15) is 13.6 Å². The van der Waals surface area contributed by atoms with Crippen LogP contribution in [0.25, 0.3) is 0 Å². The highest BCUT2D eigenvalue weighted by molar-refractivity contribution is 6.00. The normalized spacial score (nSPS) is 12.2. The number of ether oxygens (including phenoxy) is 1. The van der Waals surface area contributed by atoms with E-state index in [2.05, 4.69) is 0 Å². The average Bonchev–Trinajstić information content (AvgIpc) is 2.48. The van der Waals surface area contributed by atoms with Crippen LogP contribution >= 0.6 is 0 Å². The number of hydrogen-bond donors (Lipinski definition) is 0. The molecule has 2 aromatic rings. The molecule has 0 aliphatic heterocycles. The minimum absolute atomic E-state index is 0.294. The van der Waals surface area contributed by atoms with Crippen molar-refractivity contribution in [2.75, 3.05) is 6.61 Å². The molecule has 20 heavy (non-hydrogen) atoms. The summed E-state index contributed by atoms with van der Waals surface area (Å²) in [5.41, 5.74) is 0.315. The second-order valence-corrected chi connectivity index (χ2v) is 4.21. The Labute approximate surface area is 116 Å². The lowest BCUT2D eigenvalue weighted by Crippen LogP contribution is -2.18. The Hall–Kier alpha value is -2.07. The standard InChI is InChI=1S/C16H14F2O2/c1-2-20-16(11-7-4-3-5-8-11)15(19)12-9-6-10-13(17)14(12)18/h3-10,16H,2H2,1H3. The van der Waals surface area contributed by atoms with E-state index in [-0.39, 0.29) is 5.56 Å². The molecule has 0 N–H and O–H groups in total. The van der Waals surface area contributed by atoms with Gasteiger partial charge in [-0.05, 0) is 24.6 Å². The average molecular weight is 276 g/mol. The molecule has 0 bridgehead atoms. The maximum atomic E-state index is 13.7. The van der Waals surface area contributed by atoms with Crippen LogP contribution in [0.3, 0.4) is 0 Å². The molecule has 0 spiro atoms. The zero-order valence-electron chi connectivity index (χ0n) is 11.0. The lowest BCUT2D eigenvalue weighted by molar-refractivity contribution is 0.0448. The molecule has 2 aromatic carbocycles. The molecule has 0 amide bonds. The van der Waals surface area contributed by atoms with E-state index in [1.807, 2.05) is 0 Å². The summed E-state index contributed by atoms with van der Waals surface area (Å²) in [6, 6.07) is 12.3. The first-order chi connectivity index (χ1) is 9.65. The minimum atomic E-state index is -1.14. The first-order valence-electron chi connectivity index (χ1n) is 6.30. The van der Waals surface area contributed by atoms with Gasteiger partial charge in [0.15, 0.2) is 17.4 Å². The largest absolute Gasteiger partial charge is 0.366 e. The van der Waals surface area contributed by atoms with Gasteiger partial charge in [-0.3, -0.25) is 4.79 Å². The Bertz CT molecular complexity index is 597. The van der Waals surface area contributed by atoms with E-state index in [1.54, 1.807) is 37.3 Å². The minimum Gasteiger partial charge on any atom is -0.366 e. The number of carbonyl (C=O) groups is 1.